The third-order valence-corrected chi connectivity index (χ3v) is 6.48. The van der Waals surface area contributed by atoms with Crippen molar-refractivity contribution in [3.05, 3.63) is 75.3 Å². The smallest absolute Gasteiger partial charge is 0.250 e. The van der Waals surface area contributed by atoms with E-state index in [0.29, 0.717) is 40.7 Å². The summed E-state index contributed by atoms with van der Waals surface area (Å²) in [5, 5.41) is 3.14. The van der Waals surface area contributed by atoms with Crippen molar-refractivity contribution in [2.24, 2.45) is 35.3 Å². The molecule has 9 heteroatoms. The van der Waals surface area contributed by atoms with Crippen molar-refractivity contribution in [3.63, 3.8) is 0 Å². The van der Waals surface area contributed by atoms with Gasteiger partial charge >= 0.3 is 0 Å². The summed E-state index contributed by atoms with van der Waals surface area (Å²) >= 11 is 0. The lowest BCUT2D eigenvalue weighted by atomic mass is 9.92. The van der Waals surface area contributed by atoms with Crippen molar-refractivity contribution in [1.82, 2.24) is 14.4 Å². The van der Waals surface area contributed by atoms with Crippen LogP contribution in [-0.4, -0.2) is 53.1 Å². The van der Waals surface area contributed by atoms with Gasteiger partial charge < -0.3 is 31.6 Å². The molecule has 3 heterocycles. The number of benzene rings is 1. The third kappa shape index (κ3) is 4.04. The van der Waals surface area contributed by atoms with Gasteiger partial charge in [-0.05, 0) is 53.7 Å². The zero-order chi connectivity index (χ0) is 23.0. The summed E-state index contributed by atoms with van der Waals surface area (Å²) in [7, 11) is 3.76. The molecule has 2 atom stereocenters. The van der Waals surface area contributed by atoms with E-state index in [1.54, 1.807) is 43.6 Å². The first-order chi connectivity index (χ1) is 15.2. The number of aromatic nitrogens is 1. The summed E-state index contributed by atoms with van der Waals surface area (Å²) in [5.41, 5.74) is 21.2. The zero-order valence-electron chi connectivity index (χ0n) is 18.4. The van der Waals surface area contributed by atoms with Crippen LogP contribution in [0.2, 0.25) is 0 Å². The molecule has 0 radical (unpaired) electrons. The molecule has 0 saturated carbocycles. The molecule has 4 rings (SSSR count). The van der Waals surface area contributed by atoms with E-state index in [-0.39, 0.29) is 16.8 Å². The van der Waals surface area contributed by atoms with E-state index in [0.717, 1.165) is 19.6 Å². The second-order valence-electron chi connectivity index (χ2n) is 8.91. The second-order valence-corrected chi connectivity index (χ2v) is 8.91. The highest BCUT2D eigenvalue weighted by Gasteiger charge is 2.49. The molecular weight excluding hydrogens is 406 g/mol. The fraction of sp³-hybridized carbons (Fsp3) is 0.348. The number of aryl methyl sites for hydroxylation is 1. The van der Waals surface area contributed by atoms with Crippen LogP contribution in [0.5, 0.6) is 0 Å². The molecular formula is C23H29N7O2. The normalized spacial score (nSPS) is 24.1. The summed E-state index contributed by atoms with van der Waals surface area (Å²) in [6.07, 6.45) is 5.10. The first-order valence-corrected chi connectivity index (χ1v) is 10.5. The molecule has 2 aromatic rings. The number of pyridine rings is 1. The van der Waals surface area contributed by atoms with Gasteiger partial charge in [0.05, 0.1) is 11.4 Å². The topological polar surface area (TPSA) is 136 Å². The van der Waals surface area contributed by atoms with Crippen molar-refractivity contribution in [2.45, 2.75) is 5.54 Å². The van der Waals surface area contributed by atoms with Gasteiger partial charge in [-0.25, -0.2) is 0 Å². The Kier molecular flexibility index (Phi) is 5.62. The molecule has 2 aliphatic heterocycles. The van der Waals surface area contributed by atoms with E-state index in [9.17, 15) is 9.70 Å². The second kappa shape index (κ2) is 8.25. The third-order valence-electron chi connectivity index (χ3n) is 6.48. The maximum Gasteiger partial charge on any atom is 0.250 e. The summed E-state index contributed by atoms with van der Waals surface area (Å²) in [6, 6.07) is 8.48. The molecule has 32 heavy (non-hydrogen) atoms. The van der Waals surface area contributed by atoms with Crippen LogP contribution in [0.3, 0.4) is 0 Å². The number of likely N-dealkylation sites (tertiary alicyclic amines) is 2. The van der Waals surface area contributed by atoms with Gasteiger partial charge in [-0.1, -0.05) is 6.07 Å². The van der Waals surface area contributed by atoms with Gasteiger partial charge in [0.25, 0.3) is 5.56 Å². The van der Waals surface area contributed by atoms with Crippen LogP contribution in [0.4, 0.5) is 5.69 Å². The average molecular weight is 436 g/mol. The molecule has 0 aliphatic carbocycles. The van der Waals surface area contributed by atoms with Gasteiger partial charge in [-0.15, -0.1) is 4.91 Å². The van der Waals surface area contributed by atoms with Crippen LogP contribution >= 0.6 is 0 Å². The van der Waals surface area contributed by atoms with Crippen molar-refractivity contribution in [2.75, 3.05) is 33.2 Å². The lowest BCUT2D eigenvalue weighted by Crippen LogP contribution is -2.48. The minimum absolute atomic E-state index is 0.135. The quantitative estimate of drug-likeness (QED) is 0.473. The number of allylic oxidation sites excluding steroid dienone is 2. The summed E-state index contributed by atoms with van der Waals surface area (Å²) in [6.45, 7) is 3.33. The molecule has 0 spiro atoms. The van der Waals surface area contributed by atoms with E-state index in [2.05, 4.69) is 22.0 Å². The first-order valence-electron chi connectivity index (χ1n) is 10.5. The van der Waals surface area contributed by atoms with E-state index >= 15 is 0 Å². The summed E-state index contributed by atoms with van der Waals surface area (Å²) in [5.74, 6) is 0.973. The van der Waals surface area contributed by atoms with Crippen LogP contribution in [0, 0.1) is 10.8 Å². The monoisotopic (exact) mass is 435 g/mol. The number of likely N-dealkylation sites (N-methyl/N-ethyl adjacent to an activating group) is 1. The molecule has 6 N–H and O–H groups in total. The van der Waals surface area contributed by atoms with E-state index in [4.69, 9.17) is 17.2 Å². The predicted octanol–water partition coefficient (Wildman–Crippen LogP) is 1.12. The maximum atomic E-state index is 11.9. The SMILES string of the molecule is CN1C[C@H]2CN(/C(N)=C/C=C(\N)c3ccc(-c4ccn(C)c(=O)c4)cc3N=O)C[C@@]2(N)C1. The highest BCUT2D eigenvalue weighted by molar-refractivity contribution is 5.78. The van der Waals surface area contributed by atoms with Crippen LogP contribution in [0.25, 0.3) is 16.8 Å². The largest absolute Gasteiger partial charge is 0.398 e. The molecule has 2 saturated heterocycles. The molecule has 9 nitrogen and oxygen atoms in total. The highest BCUT2D eigenvalue weighted by Crippen LogP contribution is 2.34. The van der Waals surface area contributed by atoms with Crippen LogP contribution < -0.4 is 22.8 Å². The number of nitrogens with two attached hydrogens (primary N) is 3. The van der Waals surface area contributed by atoms with Gasteiger partial charge in [0.2, 0.25) is 0 Å². The standard InChI is InChI=1S/C23H29N7O2/c1-28-11-17-12-30(14-23(17,26)13-28)21(25)6-5-19(24)18-4-3-15(9-20(18)27-32)16-7-8-29(2)22(31)10-16/h3-10,17H,11-14,24-26H2,1-2H3/b19-5-,21-6+/t17-,23-/m0/s1. The molecule has 0 bridgehead atoms. The Morgan fingerprint density at radius 2 is 1.84 bits per heavy atom. The lowest BCUT2D eigenvalue weighted by Gasteiger charge is -2.25. The molecule has 1 aromatic carbocycles. The van der Waals surface area contributed by atoms with Crippen LogP contribution in [0.1, 0.15) is 5.56 Å². The number of nitrogens with zero attached hydrogens (tertiary/aromatic N) is 4. The Bertz CT molecular complexity index is 1170. The van der Waals surface area contributed by atoms with E-state index in [1.165, 1.54) is 10.6 Å². The summed E-state index contributed by atoms with van der Waals surface area (Å²) < 4.78 is 1.48. The van der Waals surface area contributed by atoms with E-state index in [1.807, 2.05) is 6.07 Å². The van der Waals surface area contributed by atoms with Gasteiger partial charge in [0.15, 0.2) is 0 Å². The fourth-order valence-corrected chi connectivity index (χ4v) is 4.68. The number of fused-ring (bicyclic) bond motifs is 1. The van der Waals surface area contributed by atoms with Crippen LogP contribution in [-0.2, 0) is 7.05 Å². The van der Waals surface area contributed by atoms with Crippen molar-refractivity contribution in [3.8, 4) is 11.1 Å². The Balaban J connectivity index is 1.54. The molecule has 2 aliphatic rings. The van der Waals surface area contributed by atoms with Gasteiger partial charge in [0.1, 0.15) is 5.69 Å². The molecule has 0 amide bonds. The van der Waals surface area contributed by atoms with Crippen LogP contribution in [0.15, 0.2) is 64.5 Å². The first kappa shape index (κ1) is 21.8. The fourth-order valence-electron chi connectivity index (χ4n) is 4.68. The van der Waals surface area contributed by atoms with Crippen molar-refractivity contribution < 1.29 is 0 Å². The van der Waals surface area contributed by atoms with E-state index < -0.39 is 0 Å². The number of rotatable bonds is 5. The average Bonchev–Trinajstić information content (AvgIpc) is 3.22. The lowest BCUT2D eigenvalue weighted by molar-refractivity contribution is 0.308. The summed E-state index contributed by atoms with van der Waals surface area (Å²) in [4.78, 5) is 27.7. The minimum Gasteiger partial charge on any atom is -0.398 e. The molecule has 1 aromatic heterocycles. The molecule has 168 valence electrons. The molecule has 0 unspecified atom stereocenters. The van der Waals surface area contributed by atoms with Crippen molar-refractivity contribution >= 4 is 11.4 Å². The highest BCUT2D eigenvalue weighted by atomic mass is 16.3. The Morgan fingerprint density at radius 1 is 1.09 bits per heavy atom. The predicted molar refractivity (Wildman–Crippen MR) is 126 cm³/mol. The van der Waals surface area contributed by atoms with Gasteiger partial charge in [-0.3, -0.25) is 4.79 Å². The van der Waals surface area contributed by atoms with Gasteiger partial charge in [-0.2, -0.15) is 0 Å². The Labute approximate surface area is 186 Å². The Morgan fingerprint density at radius 3 is 2.53 bits per heavy atom. The number of nitroso groups, excluding NO2 is 1. The van der Waals surface area contributed by atoms with Gasteiger partial charge in [0, 0.05) is 62.7 Å². The molecule has 2 fully saturated rings. The Hall–Kier alpha value is -3.43. The zero-order valence-corrected chi connectivity index (χ0v) is 18.4. The number of hydrogen-bond acceptors (Lipinski definition) is 8. The minimum atomic E-state index is -0.245. The number of hydrogen-bond donors (Lipinski definition) is 3. The van der Waals surface area contributed by atoms with Crippen molar-refractivity contribution in [1.29, 1.82) is 0 Å². The maximum absolute atomic E-state index is 11.9.